The minimum atomic E-state index is -0.163. The Morgan fingerprint density at radius 3 is 2.71 bits per heavy atom. The number of hydrogen-bond acceptors (Lipinski definition) is 2. The fourth-order valence-corrected chi connectivity index (χ4v) is 2.78. The molecule has 0 aliphatic heterocycles. The molecule has 0 saturated heterocycles. The normalized spacial score (nSPS) is 11.3. The average Bonchev–Trinajstić information content (AvgIpc) is 2.85. The molecule has 0 fully saturated rings. The van der Waals surface area contributed by atoms with E-state index in [2.05, 4.69) is 4.98 Å². The summed E-state index contributed by atoms with van der Waals surface area (Å²) >= 11 is 6.05. The van der Waals surface area contributed by atoms with Crippen molar-refractivity contribution in [3.05, 3.63) is 70.0 Å². The Hall–Kier alpha value is -2.52. The number of halogens is 1. The first-order chi connectivity index (χ1) is 10.2. The second-order valence-corrected chi connectivity index (χ2v) is 5.30. The average molecular weight is 296 g/mol. The zero-order valence-corrected chi connectivity index (χ0v) is 11.6. The highest BCUT2D eigenvalue weighted by atomic mass is 35.5. The van der Waals surface area contributed by atoms with Gasteiger partial charge in [0.15, 0.2) is 5.58 Å². The quantitative estimate of drug-likeness (QED) is 0.558. The fraction of sp³-hybridized carbons (Fsp3) is 0. The van der Waals surface area contributed by atoms with E-state index in [1.165, 1.54) is 6.07 Å². The Balaban J connectivity index is 2.16. The molecule has 102 valence electrons. The van der Waals surface area contributed by atoms with Gasteiger partial charge in [0, 0.05) is 22.0 Å². The van der Waals surface area contributed by atoms with E-state index in [1.807, 2.05) is 42.5 Å². The first-order valence-electron chi connectivity index (χ1n) is 6.53. The number of H-pyrrole nitrogens is 1. The summed E-state index contributed by atoms with van der Waals surface area (Å²) in [4.78, 5) is 14.8. The number of furan rings is 1. The molecule has 0 radical (unpaired) electrons. The number of rotatable bonds is 1. The molecule has 0 saturated carbocycles. The maximum atomic E-state index is 12.0. The summed E-state index contributed by atoms with van der Waals surface area (Å²) in [5, 5.41) is 1.52. The highest BCUT2D eigenvalue weighted by Crippen LogP contribution is 2.33. The topological polar surface area (TPSA) is 46.0 Å². The lowest BCUT2D eigenvalue weighted by Gasteiger charge is -2.02. The molecule has 0 aliphatic rings. The van der Waals surface area contributed by atoms with Gasteiger partial charge in [-0.1, -0.05) is 35.9 Å². The lowest BCUT2D eigenvalue weighted by molar-refractivity contribution is 0.669. The van der Waals surface area contributed by atoms with Crippen molar-refractivity contribution in [3.63, 3.8) is 0 Å². The minimum absolute atomic E-state index is 0.163. The molecule has 0 spiro atoms. The van der Waals surface area contributed by atoms with Crippen LogP contribution in [-0.2, 0) is 0 Å². The Kier molecular flexibility index (Phi) is 2.62. The molecule has 4 aromatic rings. The van der Waals surface area contributed by atoms with E-state index in [-0.39, 0.29) is 5.56 Å². The number of pyridine rings is 1. The van der Waals surface area contributed by atoms with Crippen LogP contribution in [-0.4, -0.2) is 4.98 Å². The number of aromatic amines is 1. The van der Waals surface area contributed by atoms with Crippen LogP contribution in [0.15, 0.2) is 63.8 Å². The zero-order valence-electron chi connectivity index (χ0n) is 10.9. The largest absolute Gasteiger partial charge is 0.454 e. The molecule has 2 aromatic carbocycles. The molecule has 0 atom stereocenters. The first-order valence-corrected chi connectivity index (χ1v) is 6.91. The second kappa shape index (κ2) is 4.50. The molecular weight excluding hydrogens is 286 g/mol. The third-order valence-corrected chi connectivity index (χ3v) is 3.73. The Morgan fingerprint density at radius 2 is 1.86 bits per heavy atom. The van der Waals surface area contributed by atoms with Gasteiger partial charge in [0.1, 0.15) is 5.58 Å². The van der Waals surface area contributed by atoms with Crippen molar-refractivity contribution >= 4 is 33.7 Å². The van der Waals surface area contributed by atoms with E-state index in [0.29, 0.717) is 16.1 Å². The Labute approximate surface area is 124 Å². The zero-order chi connectivity index (χ0) is 14.4. The highest BCUT2D eigenvalue weighted by Gasteiger charge is 2.13. The highest BCUT2D eigenvalue weighted by molar-refractivity contribution is 6.30. The van der Waals surface area contributed by atoms with Crippen molar-refractivity contribution in [1.82, 2.24) is 4.98 Å². The van der Waals surface area contributed by atoms with E-state index in [0.717, 1.165) is 22.1 Å². The number of aromatic nitrogens is 1. The smallest absolute Gasteiger partial charge is 0.249 e. The molecule has 4 rings (SSSR count). The summed E-state index contributed by atoms with van der Waals surface area (Å²) in [7, 11) is 0. The lowest BCUT2D eigenvalue weighted by Crippen LogP contribution is -2.03. The van der Waals surface area contributed by atoms with E-state index in [4.69, 9.17) is 16.0 Å². The molecule has 1 N–H and O–H groups in total. The van der Waals surface area contributed by atoms with Crippen LogP contribution in [0.1, 0.15) is 0 Å². The van der Waals surface area contributed by atoms with Crippen LogP contribution in [0.2, 0.25) is 5.02 Å². The van der Waals surface area contributed by atoms with Crippen molar-refractivity contribution in [2.75, 3.05) is 0 Å². The predicted octanol–water partition coefficient (Wildman–Crippen LogP) is 4.59. The molecule has 0 unspecified atom stereocenters. The molecule has 3 nitrogen and oxygen atoms in total. The number of benzene rings is 2. The molecule has 0 amide bonds. The molecular formula is C17H10ClNO2. The lowest BCUT2D eigenvalue weighted by atomic mass is 10.1. The standard InChI is InChI=1S/C17H10ClNO2/c18-11-5-3-4-10(8-11)13-9-15(20)19-16-12-6-1-2-7-14(12)21-17(13)16/h1-9H,(H,19,20). The van der Waals surface area contributed by atoms with Gasteiger partial charge >= 0.3 is 0 Å². The Bertz CT molecular complexity index is 1030. The molecule has 4 heteroatoms. The molecule has 2 heterocycles. The van der Waals surface area contributed by atoms with Crippen LogP contribution in [0.5, 0.6) is 0 Å². The monoisotopic (exact) mass is 295 g/mol. The number of para-hydroxylation sites is 1. The summed E-state index contributed by atoms with van der Waals surface area (Å²) in [6.45, 7) is 0. The van der Waals surface area contributed by atoms with Gasteiger partial charge in [-0.05, 0) is 29.8 Å². The van der Waals surface area contributed by atoms with Crippen LogP contribution in [0.3, 0.4) is 0 Å². The maximum Gasteiger partial charge on any atom is 0.249 e. The van der Waals surface area contributed by atoms with Gasteiger partial charge in [-0.25, -0.2) is 0 Å². The van der Waals surface area contributed by atoms with Gasteiger partial charge in [-0.15, -0.1) is 0 Å². The number of hydrogen-bond donors (Lipinski definition) is 1. The van der Waals surface area contributed by atoms with Crippen LogP contribution >= 0.6 is 11.6 Å². The van der Waals surface area contributed by atoms with Crippen molar-refractivity contribution in [2.45, 2.75) is 0 Å². The summed E-state index contributed by atoms with van der Waals surface area (Å²) in [5.74, 6) is 0. The van der Waals surface area contributed by atoms with Crippen molar-refractivity contribution < 1.29 is 4.42 Å². The van der Waals surface area contributed by atoms with E-state index < -0.39 is 0 Å². The van der Waals surface area contributed by atoms with Gasteiger partial charge in [-0.3, -0.25) is 4.79 Å². The van der Waals surface area contributed by atoms with E-state index in [9.17, 15) is 4.79 Å². The van der Waals surface area contributed by atoms with Gasteiger partial charge in [0.25, 0.3) is 0 Å². The van der Waals surface area contributed by atoms with Gasteiger partial charge in [-0.2, -0.15) is 0 Å². The molecule has 0 bridgehead atoms. The third-order valence-electron chi connectivity index (χ3n) is 3.50. The van der Waals surface area contributed by atoms with Gasteiger partial charge in [0.05, 0.1) is 5.52 Å². The maximum absolute atomic E-state index is 12.0. The third kappa shape index (κ3) is 1.94. The second-order valence-electron chi connectivity index (χ2n) is 4.86. The predicted molar refractivity (Wildman–Crippen MR) is 84.8 cm³/mol. The van der Waals surface area contributed by atoms with E-state index in [1.54, 1.807) is 6.07 Å². The van der Waals surface area contributed by atoms with Crippen molar-refractivity contribution in [2.24, 2.45) is 0 Å². The van der Waals surface area contributed by atoms with Crippen molar-refractivity contribution in [3.8, 4) is 11.1 Å². The van der Waals surface area contributed by atoms with Crippen LogP contribution in [0.4, 0.5) is 0 Å². The number of nitrogens with one attached hydrogen (secondary N) is 1. The van der Waals surface area contributed by atoms with Gasteiger partial charge in [0.2, 0.25) is 5.56 Å². The first kappa shape index (κ1) is 12.2. The molecule has 21 heavy (non-hydrogen) atoms. The SMILES string of the molecule is O=c1cc(-c2cccc(Cl)c2)c2oc3ccccc3c2[nH]1. The summed E-state index contributed by atoms with van der Waals surface area (Å²) in [6, 6.07) is 16.6. The molecule has 2 aromatic heterocycles. The summed E-state index contributed by atoms with van der Waals surface area (Å²) < 4.78 is 5.92. The minimum Gasteiger partial charge on any atom is -0.454 e. The Morgan fingerprint density at radius 1 is 1.00 bits per heavy atom. The van der Waals surface area contributed by atoms with E-state index >= 15 is 0 Å². The van der Waals surface area contributed by atoms with Crippen LogP contribution < -0.4 is 5.56 Å². The van der Waals surface area contributed by atoms with Crippen LogP contribution in [0.25, 0.3) is 33.2 Å². The van der Waals surface area contributed by atoms with Crippen LogP contribution in [0, 0.1) is 0 Å². The molecule has 0 aliphatic carbocycles. The fourth-order valence-electron chi connectivity index (χ4n) is 2.59. The summed E-state index contributed by atoms with van der Waals surface area (Å²) in [6.07, 6.45) is 0. The van der Waals surface area contributed by atoms with Gasteiger partial charge < -0.3 is 9.40 Å². The van der Waals surface area contributed by atoms with Crippen molar-refractivity contribution in [1.29, 1.82) is 0 Å². The number of fused-ring (bicyclic) bond motifs is 3. The summed E-state index contributed by atoms with van der Waals surface area (Å²) in [5.41, 5.74) is 3.57.